The fourth-order valence-electron chi connectivity index (χ4n) is 2.34. The van der Waals surface area contributed by atoms with Gasteiger partial charge in [0.1, 0.15) is 0 Å². The SMILES string of the molecule is O=C(CSc1ncc[nH]1)Nc1ccc([N+](=O)[O-])cc1C(=O)c1ccccc1. The number of aromatic amines is 1. The lowest BCUT2D eigenvalue weighted by Crippen LogP contribution is -2.17. The third kappa shape index (κ3) is 4.59. The number of hydrogen-bond donors (Lipinski definition) is 2. The highest BCUT2D eigenvalue weighted by Crippen LogP contribution is 2.25. The van der Waals surface area contributed by atoms with Gasteiger partial charge in [0.25, 0.3) is 5.69 Å². The smallest absolute Gasteiger partial charge is 0.270 e. The van der Waals surface area contributed by atoms with Crippen molar-refractivity contribution < 1.29 is 14.5 Å². The van der Waals surface area contributed by atoms with Gasteiger partial charge in [0.05, 0.1) is 21.9 Å². The van der Waals surface area contributed by atoms with Crippen molar-refractivity contribution in [2.75, 3.05) is 11.1 Å². The van der Waals surface area contributed by atoms with E-state index in [1.807, 2.05) is 0 Å². The van der Waals surface area contributed by atoms with E-state index in [9.17, 15) is 19.7 Å². The van der Waals surface area contributed by atoms with Gasteiger partial charge in [-0.25, -0.2) is 4.98 Å². The summed E-state index contributed by atoms with van der Waals surface area (Å²) in [5.74, 6) is -0.690. The summed E-state index contributed by atoms with van der Waals surface area (Å²) in [6.45, 7) is 0. The molecule has 0 bridgehead atoms. The zero-order valence-electron chi connectivity index (χ0n) is 13.9. The molecule has 2 N–H and O–H groups in total. The van der Waals surface area contributed by atoms with Gasteiger partial charge in [-0.1, -0.05) is 42.1 Å². The summed E-state index contributed by atoms with van der Waals surface area (Å²) >= 11 is 1.20. The molecular formula is C18H14N4O4S. The van der Waals surface area contributed by atoms with Crippen LogP contribution in [-0.4, -0.2) is 32.3 Å². The van der Waals surface area contributed by atoms with Crippen LogP contribution in [0.5, 0.6) is 0 Å². The number of aromatic nitrogens is 2. The van der Waals surface area contributed by atoms with Crippen molar-refractivity contribution in [3.8, 4) is 0 Å². The molecule has 27 heavy (non-hydrogen) atoms. The average molecular weight is 382 g/mol. The van der Waals surface area contributed by atoms with E-state index in [1.54, 1.807) is 42.7 Å². The highest BCUT2D eigenvalue weighted by atomic mass is 32.2. The zero-order chi connectivity index (χ0) is 19.2. The molecule has 1 amide bonds. The molecule has 0 aliphatic carbocycles. The summed E-state index contributed by atoms with van der Waals surface area (Å²) in [6, 6.07) is 12.2. The highest BCUT2D eigenvalue weighted by Gasteiger charge is 2.19. The van der Waals surface area contributed by atoms with Crippen LogP contribution in [-0.2, 0) is 4.79 Å². The lowest BCUT2D eigenvalue weighted by atomic mass is 10.0. The maximum Gasteiger partial charge on any atom is 0.270 e. The summed E-state index contributed by atoms with van der Waals surface area (Å²) < 4.78 is 0. The molecule has 0 atom stereocenters. The largest absolute Gasteiger partial charge is 0.340 e. The zero-order valence-corrected chi connectivity index (χ0v) is 14.7. The normalized spacial score (nSPS) is 10.4. The van der Waals surface area contributed by atoms with Crippen LogP contribution in [0.3, 0.4) is 0 Å². The van der Waals surface area contributed by atoms with E-state index in [1.165, 1.54) is 30.0 Å². The van der Waals surface area contributed by atoms with E-state index >= 15 is 0 Å². The lowest BCUT2D eigenvalue weighted by Gasteiger charge is -2.10. The second kappa shape index (κ2) is 8.28. The van der Waals surface area contributed by atoms with Gasteiger partial charge in [-0.05, 0) is 6.07 Å². The second-order valence-corrected chi connectivity index (χ2v) is 6.38. The third-order valence-electron chi connectivity index (χ3n) is 3.58. The number of carbonyl (C=O) groups is 2. The Morgan fingerprint density at radius 2 is 1.96 bits per heavy atom. The molecule has 136 valence electrons. The number of nitrogens with zero attached hydrogens (tertiary/aromatic N) is 2. The number of imidazole rings is 1. The Hall–Kier alpha value is -3.46. The monoisotopic (exact) mass is 382 g/mol. The van der Waals surface area contributed by atoms with Gasteiger partial charge in [-0.15, -0.1) is 0 Å². The van der Waals surface area contributed by atoms with Crippen molar-refractivity contribution in [1.29, 1.82) is 0 Å². The summed E-state index contributed by atoms with van der Waals surface area (Å²) in [5.41, 5.74) is 0.432. The fraction of sp³-hybridized carbons (Fsp3) is 0.0556. The molecule has 0 spiro atoms. The van der Waals surface area contributed by atoms with Crippen molar-refractivity contribution in [3.63, 3.8) is 0 Å². The standard InChI is InChI=1S/C18H14N4O4S/c23-16(11-27-18-19-8-9-20-18)21-15-7-6-13(22(25)26)10-14(15)17(24)12-4-2-1-3-5-12/h1-10H,11H2,(H,19,20)(H,21,23). The van der Waals surface area contributed by atoms with E-state index in [0.29, 0.717) is 10.7 Å². The van der Waals surface area contributed by atoms with Crippen LogP contribution < -0.4 is 5.32 Å². The number of H-pyrrole nitrogens is 1. The molecule has 0 unspecified atom stereocenters. The van der Waals surface area contributed by atoms with Crippen LogP contribution in [0.1, 0.15) is 15.9 Å². The summed E-state index contributed by atoms with van der Waals surface area (Å²) in [6.07, 6.45) is 3.22. The number of nitro benzene ring substituents is 1. The number of carbonyl (C=O) groups excluding carboxylic acids is 2. The number of amides is 1. The van der Waals surface area contributed by atoms with Crippen molar-refractivity contribution in [1.82, 2.24) is 9.97 Å². The number of nitro groups is 1. The number of nitrogens with one attached hydrogen (secondary N) is 2. The number of rotatable bonds is 7. The molecule has 3 aromatic rings. The lowest BCUT2D eigenvalue weighted by molar-refractivity contribution is -0.384. The molecule has 2 aromatic carbocycles. The molecule has 0 aliphatic heterocycles. The Balaban J connectivity index is 1.84. The predicted octanol–water partition coefficient (Wildman–Crippen LogP) is 3.28. The van der Waals surface area contributed by atoms with Crippen LogP contribution in [0.4, 0.5) is 11.4 Å². The van der Waals surface area contributed by atoms with Crippen molar-refractivity contribution >= 4 is 34.8 Å². The van der Waals surface area contributed by atoms with Crippen molar-refractivity contribution in [2.24, 2.45) is 0 Å². The Morgan fingerprint density at radius 3 is 2.63 bits per heavy atom. The van der Waals surface area contributed by atoms with Gasteiger partial charge in [-0.2, -0.15) is 0 Å². The first-order chi connectivity index (χ1) is 13.0. The van der Waals surface area contributed by atoms with E-state index in [4.69, 9.17) is 0 Å². The van der Waals surface area contributed by atoms with Gasteiger partial charge in [0, 0.05) is 30.1 Å². The van der Waals surface area contributed by atoms with Crippen molar-refractivity contribution in [2.45, 2.75) is 5.16 Å². The number of non-ortho nitro benzene ring substituents is 1. The maximum atomic E-state index is 12.8. The Morgan fingerprint density at radius 1 is 1.19 bits per heavy atom. The third-order valence-corrected chi connectivity index (χ3v) is 4.49. The number of ketones is 1. The summed E-state index contributed by atoms with van der Waals surface area (Å²) in [4.78, 5) is 42.4. The van der Waals surface area contributed by atoms with E-state index in [2.05, 4.69) is 15.3 Å². The van der Waals surface area contributed by atoms with Crippen LogP contribution >= 0.6 is 11.8 Å². The Kier molecular flexibility index (Phi) is 5.62. The quantitative estimate of drug-likeness (QED) is 0.280. The molecule has 0 aliphatic rings. The Bertz CT molecular complexity index is 974. The molecule has 1 heterocycles. The molecule has 1 aromatic heterocycles. The fourth-order valence-corrected chi connectivity index (χ4v) is 2.96. The van der Waals surface area contributed by atoms with E-state index in [0.717, 1.165) is 0 Å². The second-order valence-electron chi connectivity index (χ2n) is 5.41. The van der Waals surface area contributed by atoms with Gasteiger partial charge in [0.2, 0.25) is 5.91 Å². The predicted molar refractivity (Wildman–Crippen MR) is 101 cm³/mol. The number of thioether (sulfide) groups is 1. The van der Waals surface area contributed by atoms with Crippen LogP contribution in [0.15, 0.2) is 66.1 Å². The molecule has 3 rings (SSSR count). The number of anilines is 1. The number of hydrogen-bond acceptors (Lipinski definition) is 6. The first-order valence-corrected chi connectivity index (χ1v) is 8.83. The number of benzene rings is 2. The maximum absolute atomic E-state index is 12.8. The average Bonchev–Trinajstić information content (AvgIpc) is 3.20. The Labute approximate surface area is 158 Å². The van der Waals surface area contributed by atoms with Crippen LogP contribution in [0, 0.1) is 10.1 Å². The molecule has 0 saturated carbocycles. The van der Waals surface area contributed by atoms with Crippen molar-refractivity contribution in [3.05, 3.63) is 82.2 Å². The van der Waals surface area contributed by atoms with Gasteiger partial charge < -0.3 is 10.3 Å². The molecule has 8 nitrogen and oxygen atoms in total. The van der Waals surface area contributed by atoms with Gasteiger partial charge >= 0.3 is 0 Å². The molecule has 0 radical (unpaired) electrons. The molecule has 0 fully saturated rings. The molecule has 0 saturated heterocycles. The van der Waals surface area contributed by atoms with E-state index < -0.39 is 10.7 Å². The summed E-state index contributed by atoms with van der Waals surface area (Å²) in [7, 11) is 0. The van der Waals surface area contributed by atoms with Crippen LogP contribution in [0.25, 0.3) is 0 Å². The minimum Gasteiger partial charge on any atom is -0.340 e. The van der Waals surface area contributed by atoms with Crippen LogP contribution in [0.2, 0.25) is 0 Å². The first kappa shape index (κ1) is 18.3. The minimum atomic E-state index is -0.583. The highest BCUT2D eigenvalue weighted by molar-refractivity contribution is 7.99. The van der Waals surface area contributed by atoms with E-state index in [-0.39, 0.29) is 28.6 Å². The molecular weight excluding hydrogens is 368 g/mol. The molecule has 9 heteroatoms. The summed E-state index contributed by atoms with van der Waals surface area (Å²) in [5, 5.41) is 14.3. The topological polar surface area (TPSA) is 118 Å². The minimum absolute atomic E-state index is 0.0618. The van der Waals surface area contributed by atoms with Gasteiger partial charge in [-0.3, -0.25) is 19.7 Å². The van der Waals surface area contributed by atoms with Gasteiger partial charge in [0.15, 0.2) is 10.9 Å². The first-order valence-electron chi connectivity index (χ1n) is 7.85.